The Hall–Kier alpha value is -1.69. The molecule has 0 fully saturated rings. The lowest BCUT2D eigenvalue weighted by Gasteiger charge is -2.04. The normalized spacial score (nSPS) is 9.00. The topological polar surface area (TPSA) is 48.1 Å². The molecule has 0 aliphatic rings. The summed E-state index contributed by atoms with van der Waals surface area (Å²) < 4.78 is 5.13. The Morgan fingerprint density at radius 1 is 1.75 bits per heavy atom. The van der Waals surface area contributed by atoms with Gasteiger partial charge in [-0.2, -0.15) is 0 Å². The molecule has 1 heterocycles. The molecule has 3 heteroatoms. The standard InChI is InChI=1S/C9H10N2O/c1-3-7-5-8(10)9(11-6-7)12-4-2/h1,5-6H,4,10H2,2H3. The lowest BCUT2D eigenvalue weighted by molar-refractivity contribution is 0.329. The number of hydrogen-bond acceptors (Lipinski definition) is 3. The van der Waals surface area contributed by atoms with E-state index in [4.69, 9.17) is 16.9 Å². The molecular formula is C9H10N2O. The number of rotatable bonds is 2. The van der Waals surface area contributed by atoms with Crippen LogP contribution in [0.4, 0.5) is 5.69 Å². The molecule has 0 spiro atoms. The number of nitrogen functional groups attached to an aromatic ring is 1. The number of terminal acetylenes is 1. The Morgan fingerprint density at radius 2 is 2.50 bits per heavy atom. The fourth-order valence-corrected chi connectivity index (χ4v) is 0.805. The molecule has 0 atom stereocenters. The molecule has 0 amide bonds. The van der Waals surface area contributed by atoms with Crippen LogP contribution >= 0.6 is 0 Å². The first-order valence-corrected chi connectivity index (χ1v) is 3.63. The average Bonchev–Trinajstić information content (AvgIpc) is 2.09. The van der Waals surface area contributed by atoms with Crippen LogP contribution in [0.15, 0.2) is 12.3 Å². The van der Waals surface area contributed by atoms with Crippen molar-refractivity contribution in [2.24, 2.45) is 0 Å². The predicted molar refractivity (Wildman–Crippen MR) is 47.8 cm³/mol. The van der Waals surface area contributed by atoms with Crippen LogP contribution in [0, 0.1) is 12.3 Å². The summed E-state index contributed by atoms with van der Waals surface area (Å²) in [6, 6.07) is 1.66. The van der Waals surface area contributed by atoms with Crippen molar-refractivity contribution in [1.29, 1.82) is 0 Å². The quantitative estimate of drug-likeness (QED) is 0.661. The van der Waals surface area contributed by atoms with Crippen LogP contribution in [0.25, 0.3) is 0 Å². The maximum Gasteiger partial charge on any atom is 0.237 e. The predicted octanol–water partition coefficient (Wildman–Crippen LogP) is 1.04. The number of pyridine rings is 1. The van der Waals surface area contributed by atoms with Gasteiger partial charge in [0, 0.05) is 11.8 Å². The molecule has 3 nitrogen and oxygen atoms in total. The van der Waals surface area contributed by atoms with E-state index in [2.05, 4.69) is 10.9 Å². The third kappa shape index (κ3) is 1.67. The minimum Gasteiger partial charge on any atom is -0.477 e. The molecule has 0 aromatic carbocycles. The van der Waals surface area contributed by atoms with Crippen molar-refractivity contribution in [3.63, 3.8) is 0 Å². The van der Waals surface area contributed by atoms with Gasteiger partial charge in [-0.3, -0.25) is 0 Å². The fraction of sp³-hybridized carbons (Fsp3) is 0.222. The third-order valence-electron chi connectivity index (χ3n) is 1.33. The minimum atomic E-state index is 0.441. The monoisotopic (exact) mass is 162 g/mol. The zero-order chi connectivity index (χ0) is 8.97. The molecule has 0 aliphatic carbocycles. The van der Waals surface area contributed by atoms with E-state index in [1.54, 1.807) is 12.3 Å². The van der Waals surface area contributed by atoms with E-state index in [1.807, 2.05) is 6.92 Å². The van der Waals surface area contributed by atoms with Gasteiger partial charge < -0.3 is 10.5 Å². The highest BCUT2D eigenvalue weighted by atomic mass is 16.5. The van der Waals surface area contributed by atoms with E-state index in [9.17, 15) is 0 Å². The summed E-state index contributed by atoms with van der Waals surface area (Å²) in [4.78, 5) is 3.95. The van der Waals surface area contributed by atoms with Crippen molar-refractivity contribution >= 4 is 5.69 Å². The summed E-state index contributed by atoms with van der Waals surface area (Å²) in [5.41, 5.74) is 6.74. The Kier molecular flexibility index (Phi) is 2.54. The molecule has 0 saturated carbocycles. The van der Waals surface area contributed by atoms with Crippen molar-refractivity contribution in [3.05, 3.63) is 17.8 Å². The van der Waals surface area contributed by atoms with Crippen molar-refractivity contribution < 1.29 is 4.74 Å². The van der Waals surface area contributed by atoms with Gasteiger partial charge in [0.05, 0.1) is 12.3 Å². The molecule has 2 N–H and O–H groups in total. The molecule has 1 rings (SSSR count). The summed E-state index contributed by atoms with van der Waals surface area (Å²) in [6.07, 6.45) is 6.71. The summed E-state index contributed by atoms with van der Waals surface area (Å²) in [7, 11) is 0. The third-order valence-corrected chi connectivity index (χ3v) is 1.33. The van der Waals surface area contributed by atoms with Gasteiger partial charge in [0.2, 0.25) is 5.88 Å². The Bertz CT molecular complexity index is 315. The van der Waals surface area contributed by atoms with E-state index in [0.717, 1.165) is 0 Å². The van der Waals surface area contributed by atoms with E-state index >= 15 is 0 Å². The molecule has 0 unspecified atom stereocenters. The van der Waals surface area contributed by atoms with Gasteiger partial charge in [-0.15, -0.1) is 6.42 Å². The molecule has 12 heavy (non-hydrogen) atoms. The molecule has 62 valence electrons. The second-order valence-electron chi connectivity index (χ2n) is 2.20. The first-order valence-electron chi connectivity index (χ1n) is 3.63. The lowest BCUT2D eigenvalue weighted by Crippen LogP contribution is -1.99. The second kappa shape index (κ2) is 3.63. The highest BCUT2D eigenvalue weighted by Crippen LogP contribution is 2.17. The SMILES string of the molecule is C#Cc1cnc(OCC)c(N)c1. The smallest absolute Gasteiger partial charge is 0.237 e. The molecular weight excluding hydrogens is 152 g/mol. The molecule has 0 radical (unpaired) electrons. The van der Waals surface area contributed by atoms with Crippen LogP contribution in [0.3, 0.4) is 0 Å². The summed E-state index contributed by atoms with van der Waals surface area (Å²) in [5.74, 6) is 2.88. The zero-order valence-electron chi connectivity index (χ0n) is 6.87. The highest BCUT2D eigenvalue weighted by Gasteiger charge is 2.00. The number of aromatic nitrogens is 1. The van der Waals surface area contributed by atoms with Crippen molar-refractivity contribution in [2.45, 2.75) is 6.92 Å². The molecule has 0 aliphatic heterocycles. The van der Waals surface area contributed by atoms with Crippen LogP contribution < -0.4 is 10.5 Å². The van der Waals surface area contributed by atoms with Crippen LogP contribution in [0.5, 0.6) is 5.88 Å². The summed E-state index contributed by atoms with van der Waals surface area (Å²) in [6.45, 7) is 2.42. The summed E-state index contributed by atoms with van der Waals surface area (Å²) in [5, 5.41) is 0. The van der Waals surface area contributed by atoms with Gasteiger partial charge >= 0.3 is 0 Å². The Labute approximate surface area is 71.6 Å². The van der Waals surface area contributed by atoms with E-state index in [1.165, 1.54) is 0 Å². The number of ether oxygens (including phenoxy) is 1. The minimum absolute atomic E-state index is 0.441. The number of nitrogens with two attached hydrogens (primary N) is 1. The first-order chi connectivity index (χ1) is 5.77. The van der Waals surface area contributed by atoms with Crippen molar-refractivity contribution in [2.75, 3.05) is 12.3 Å². The maximum absolute atomic E-state index is 5.60. The number of nitrogens with zero attached hydrogens (tertiary/aromatic N) is 1. The molecule has 1 aromatic rings. The average molecular weight is 162 g/mol. The molecule has 0 saturated heterocycles. The fourth-order valence-electron chi connectivity index (χ4n) is 0.805. The van der Waals surface area contributed by atoms with E-state index in [-0.39, 0.29) is 0 Å². The van der Waals surface area contributed by atoms with Gasteiger partial charge in [-0.05, 0) is 13.0 Å². The Morgan fingerprint density at radius 3 is 3.00 bits per heavy atom. The number of anilines is 1. The zero-order valence-corrected chi connectivity index (χ0v) is 6.87. The maximum atomic E-state index is 5.60. The van der Waals surface area contributed by atoms with Crippen LogP contribution in [-0.2, 0) is 0 Å². The van der Waals surface area contributed by atoms with Gasteiger partial charge in [0.1, 0.15) is 0 Å². The van der Waals surface area contributed by atoms with Crippen LogP contribution in [0.1, 0.15) is 12.5 Å². The second-order valence-corrected chi connectivity index (χ2v) is 2.20. The van der Waals surface area contributed by atoms with Crippen LogP contribution in [0.2, 0.25) is 0 Å². The number of hydrogen-bond donors (Lipinski definition) is 1. The van der Waals surface area contributed by atoms with E-state index < -0.39 is 0 Å². The lowest BCUT2D eigenvalue weighted by atomic mass is 10.3. The largest absolute Gasteiger partial charge is 0.477 e. The van der Waals surface area contributed by atoms with Crippen molar-refractivity contribution in [1.82, 2.24) is 4.98 Å². The molecule has 0 bridgehead atoms. The van der Waals surface area contributed by atoms with E-state index in [0.29, 0.717) is 23.7 Å². The van der Waals surface area contributed by atoms with Gasteiger partial charge in [0.15, 0.2) is 0 Å². The summed E-state index contributed by atoms with van der Waals surface area (Å²) >= 11 is 0. The molecule has 1 aromatic heterocycles. The van der Waals surface area contributed by atoms with Crippen LogP contribution in [-0.4, -0.2) is 11.6 Å². The van der Waals surface area contributed by atoms with Crippen molar-refractivity contribution in [3.8, 4) is 18.2 Å². The highest BCUT2D eigenvalue weighted by molar-refractivity contribution is 5.52. The van der Waals surface area contributed by atoms with Gasteiger partial charge in [0.25, 0.3) is 0 Å². The van der Waals surface area contributed by atoms with Gasteiger partial charge in [-0.25, -0.2) is 4.98 Å². The van der Waals surface area contributed by atoms with Gasteiger partial charge in [-0.1, -0.05) is 5.92 Å². The first kappa shape index (κ1) is 8.41. The Balaban J connectivity index is 2.97.